The van der Waals surface area contributed by atoms with Crippen LogP contribution in [-0.2, 0) is 0 Å². The van der Waals surface area contributed by atoms with Gasteiger partial charge in [-0.1, -0.05) is 0 Å². The average Bonchev–Trinajstić information content (AvgIpc) is 2.36. The summed E-state index contributed by atoms with van der Waals surface area (Å²) in [5, 5.41) is 9.67. The van der Waals surface area contributed by atoms with E-state index in [4.69, 9.17) is 19.9 Å². The predicted molar refractivity (Wildman–Crippen MR) is 58.0 cm³/mol. The van der Waals surface area contributed by atoms with Gasteiger partial charge in [0.25, 0.3) is 0 Å². The van der Waals surface area contributed by atoms with Gasteiger partial charge in [0.05, 0.1) is 13.2 Å². The van der Waals surface area contributed by atoms with Crippen LogP contribution in [0.25, 0.3) is 0 Å². The van der Waals surface area contributed by atoms with E-state index in [0.717, 1.165) is 0 Å². The first-order chi connectivity index (χ1) is 7.76. The normalized spacial score (nSPS) is 15.7. The summed E-state index contributed by atoms with van der Waals surface area (Å²) in [6.07, 6.45) is -0.718. The Bertz CT molecular complexity index is 363. The third kappa shape index (κ3) is 1.91. The highest BCUT2D eigenvalue weighted by molar-refractivity contribution is 5.54. The first kappa shape index (κ1) is 11.0. The Balaban J connectivity index is 2.43. The summed E-state index contributed by atoms with van der Waals surface area (Å²) < 4.78 is 16.1. The van der Waals surface area contributed by atoms with Crippen molar-refractivity contribution in [3.8, 4) is 17.2 Å². The first-order valence-corrected chi connectivity index (χ1v) is 5.12. The summed E-state index contributed by atoms with van der Waals surface area (Å²) in [6.45, 7) is 1.16. The van der Waals surface area contributed by atoms with Crippen LogP contribution in [0.15, 0.2) is 12.1 Å². The van der Waals surface area contributed by atoms with Crippen molar-refractivity contribution in [2.75, 3.05) is 26.9 Å². The van der Waals surface area contributed by atoms with Crippen LogP contribution in [0.2, 0.25) is 0 Å². The van der Waals surface area contributed by atoms with E-state index in [1.165, 1.54) is 0 Å². The van der Waals surface area contributed by atoms with Gasteiger partial charge in [0.15, 0.2) is 11.5 Å². The largest absolute Gasteiger partial charge is 0.493 e. The number of nitrogens with two attached hydrogens (primary N) is 1. The molecule has 5 nitrogen and oxygen atoms in total. The van der Waals surface area contributed by atoms with Crippen LogP contribution in [0, 0.1) is 0 Å². The minimum Gasteiger partial charge on any atom is -0.493 e. The van der Waals surface area contributed by atoms with Gasteiger partial charge >= 0.3 is 0 Å². The molecule has 88 valence electrons. The third-order valence-corrected chi connectivity index (χ3v) is 2.46. The first-order valence-electron chi connectivity index (χ1n) is 5.12. The topological polar surface area (TPSA) is 73.9 Å². The van der Waals surface area contributed by atoms with Crippen LogP contribution in [-0.4, -0.2) is 32.0 Å². The van der Waals surface area contributed by atoms with Crippen LogP contribution >= 0.6 is 0 Å². The maximum Gasteiger partial charge on any atom is 0.203 e. The smallest absolute Gasteiger partial charge is 0.203 e. The Hall–Kier alpha value is -1.46. The highest BCUT2D eigenvalue weighted by atomic mass is 16.6. The number of benzene rings is 1. The van der Waals surface area contributed by atoms with Crippen molar-refractivity contribution in [2.24, 2.45) is 5.73 Å². The molecule has 3 N–H and O–H groups in total. The van der Waals surface area contributed by atoms with E-state index in [2.05, 4.69) is 0 Å². The van der Waals surface area contributed by atoms with Crippen molar-refractivity contribution >= 4 is 0 Å². The third-order valence-electron chi connectivity index (χ3n) is 2.46. The standard InChI is InChI=1S/C11H15NO4/c1-14-9-4-7(8(13)6-12)5-10-11(9)16-3-2-15-10/h4-5,8,13H,2-3,6,12H2,1H3/t8-/m0/s1. The molecule has 0 amide bonds. The quantitative estimate of drug-likeness (QED) is 0.781. The fraction of sp³-hybridized carbons (Fsp3) is 0.455. The van der Waals surface area contributed by atoms with Crippen molar-refractivity contribution in [3.05, 3.63) is 17.7 Å². The number of aliphatic hydroxyl groups is 1. The Morgan fingerprint density at radius 1 is 1.44 bits per heavy atom. The summed E-state index contributed by atoms with van der Waals surface area (Å²) in [6, 6.07) is 3.44. The molecule has 0 radical (unpaired) electrons. The van der Waals surface area contributed by atoms with Crippen molar-refractivity contribution in [1.82, 2.24) is 0 Å². The molecular formula is C11H15NO4. The maximum atomic E-state index is 9.67. The summed E-state index contributed by atoms with van der Waals surface area (Å²) in [4.78, 5) is 0. The van der Waals surface area contributed by atoms with Crippen molar-refractivity contribution in [1.29, 1.82) is 0 Å². The molecule has 0 spiro atoms. The van der Waals surface area contributed by atoms with E-state index in [0.29, 0.717) is 36.0 Å². The van der Waals surface area contributed by atoms with Crippen LogP contribution in [0.5, 0.6) is 17.2 Å². The number of hydrogen-bond donors (Lipinski definition) is 2. The summed E-state index contributed by atoms with van der Waals surface area (Å²) in [5.41, 5.74) is 6.08. The molecule has 1 aromatic rings. The van der Waals surface area contributed by atoms with Gasteiger partial charge in [0.2, 0.25) is 5.75 Å². The second kappa shape index (κ2) is 4.59. The van der Waals surface area contributed by atoms with Crippen LogP contribution in [0.3, 0.4) is 0 Å². The minimum atomic E-state index is -0.718. The van der Waals surface area contributed by atoms with E-state index in [1.807, 2.05) is 0 Å². The molecule has 0 saturated heterocycles. The van der Waals surface area contributed by atoms with Gasteiger partial charge in [0.1, 0.15) is 13.2 Å². The molecule has 0 unspecified atom stereocenters. The Kier molecular flexibility index (Phi) is 3.17. The maximum absolute atomic E-state index is 9.67. The molecule has 1 heterocycles. The Morgan fingerprint density at radius 2 is 2.19 bits per heavy atom. The van der Waals surface area contributed by atoms with Gasteiger partial charge in [0, 0.05) is 6.54 Å². The highest BCUT2D eigenvalue weighted by Gasteiger charge is 2.20. The Labute approximate surface area is 93.7 Å². The van der Waals surface area contributed by atoms with Crippen LogP contribution < -0.4 is 19.9 Å². The zero-order valence-electron chi connectivity index (χ0n) is 9.10. The number of rotatable bonds is 3. The van der Waals surface area contributed by atoms with Crippen LogP contribution in [0.4, 0.5) is 0 Å². The molecule has 0 aliphatic carbocycles. The molecule has 1 aliphatic rings. The van der Waals surface area contributed by atoms with E-state index in [9.17, 15) is 5.11 Å². The molecule has 1 aromatic carbocycles. The van der Waals surface area contributed by atoms with Gasteiger partial charge in [-0.2, -0.15) is 0 Å². The molecular weight excluding hydrogens is 210 g/mol. The summed E-state index contributed by atoms with van der Waals surface area (Å²) in [5.74, 6) is 1.73. The molecule has 0 aromatic heterocycles. The van der Waals surface area contributed by atoms with Gasteiger partial charge in [-0.25, -0.2) is 0 Å². The number of fused-ring (bicyclic) bond motifs is 1. The van der Waals surface area contributed by atoms with E-state index >= 15 is 0 Å². The fourth-order valence-corrected chi connectivity index (χ4v) is 1.62. The van der Waals surface area contributed by atoms with Crippen LogP contribution in [0.1, 0.15) is 11.7 Å². The molecule has 0 bridgehead atoms. The molecule has 0 saturated carbocycles. The predicted octanol–water partition coefficient (Wildman–Crippen LogP) is 0.458. The van der Waals surface area contributed by atoms with E-state index in [1.54, 1.807) is 19.2 Å². The van der Waals surface area contributed by atoms with Gasteiger partial charge in [-0.3, -0.25) is 0 Å². The second-order valence-corrected chi connectivity index (χ2v) is 3.50. The monoisotopic (exact) mass is 225 g/mol. The number of hydrogen-bond acceptors (Lipinski definition) is 5. The minimum absolute atomic E-state index is 0.156. The average molecular weight is 225 g/mol. The SMILES string of the molecule is COc1cc([C@@H](O)CN)cc2c1OCCO2. The lowest BCUT2D eigenvalue weighted by atomic mass is 10.1. The Morgan fingerprint density at radius 3 is 2.88 bits per heavy atom. The zero-order valence-corrected chi connectivity index (χ0v) is 9.10. The molecule has 1 atom stereocenters. The number of methoxy groups -OCH3 is 1. The molecule has 2 rings (SSSR count). The number of aliphatic hydroxyl groups excluding tert-OH is 1. The lowest BCUT2D eigenvalue weighted by molar-refractivity contribution is 0.160. The molecule has 0 fully saturated rings. The molecule has 1 aliphatic heterocycles. The van der Waals surface area contributed by atoms with Crippen molar-refractivity contribution in [2.45, 2.75) is 6.10 Å². The highest BCUT2D eigenvalue weighted by Crippen LogP contribution is 2.41. The summed E-state index contributed by atoms with van der Waals surface area (Å²) >= 11 is 0. The lowest BCUT2D eigenvalue weighted by Gasteiger charge is -2.22. The van der Waals surface area contributed by atoms with Gasteiger partial charge < -0.3 is 25.1 Å². The fourth-order valence-electron chi connectivity index (χ4n) is 1.62. The van der Waals surface area contributed by atoms with E-state index < -0.39 is 6.10 Å². The second-order valence-electron chi connectivity index (χ2n) is 3.50. The van der Waals surface area contributed by atoms with Gasteiger partial charge in [-0.15, -0.1) is 0 Å². The van der Waals surface area contributed by atoms with Gasteiger partial charge in [-0.05, 0) is 17.7 Å². The number of ether oxygens (including phenoxy) is 3. The lowest BCUT2D eigenvalue weighted by Crippen LogP contribution is -2.17. The van der Waals surface area contributed by atoms with Crippen molar-refractivity contribution < 1.29 is 19.3 Å². The molecule has 5 heteroatoms. The zero-order chi connectivity index (χ0) is 11.5. The summed E-state index contributed by atoms with van der Waals surface area (Å²) in [7, 11) is 1.55. The molecule has 16 heavy (non-hydrogen) atoms. The van der Waals surface area contributed by atoms with E-state index in [-0.39, 0.29) is 6.54 Å². The van der Waals surface area contributed by atoms with Crippen molar-refractivity contribution in [3.63, 3.8) is 0 Å².